The van der Waals surface area contributed by atoms with E-state index in [4.69, 9.17) is 19.2 Å². The Morgan fingerprint density at radius 2 is 1.46 bits per heavy atom. The first-order valence-electron chi connectivity index (χ1n) is 24.1. The molecule has 0 saturated carbocycles. The summed E-state index contributed by atoms with van der Waals surface area (Å²) in [6, 6.07) is 14.1. The summed E-state index contributed by atoms with van der Waals surface area (Å²) in [5.74, 6) is 0.686. The SMILES string of the molecule is COC(=O)NC(C(=O)N1CCC[C@H]1c1ncc(-c2cc(F)c3c(c2)OC(c2ccc4c(c2)OCCC4)n2c-3cc3cc(-c4cnc([C@@H]5CCCN5C(=O)C(NC(=O)OC)C(C)(C)F)[nH]4)ccc32)[nH]1)C(C)C. The molecule has 2 saturated heterocycles. The number of methoxy groups -OCH3 is 2. The molecule has 6 aromatic rings. The highest BCUT2D eigenvalue weighted by molar-refractivity contribution is 5.93. The van der Waals surface area contributed by atoms with Gasteiger partial charge in [-0.1, -0.05) is 32.0 Å². The monoisotopic (exact) mass is 973 g/mol. The van der Waals surface area contributed by atoms with Crippen molar-refractivity contribution in [1.82, 2.24) is 44.9 Å². The molecule has 7 heterocycles. The third-order valence-electron chi connectivity index (χ3n) is 14.1. The number of ether oxygens (including phenoxy) is 4. The molecule has 372 valence electrons. The number of H-pyrrole nitrogens is 2. The first kappa shape index (κ1) is 47.2. The highest BCUT2D eigenvalue weighted by Crippen LogP contribution is 2.48. The Hall–Kier alpha value is -7.44. The molecule has 4 N–H and O–H groups in total. The lowest BCUT2D eigenvalue weighted by atomic mass is 9.99. The summed E-state index contributed by atoms with van der Waals surface area (Å²) >= 11 is 0. The molecular weight excluding hydrogens is 917 g/mol. The van der Waals surface area contributed by atoms with Gasteiger partial charge in [-0.2, -0.15) is 0 Å². The fraction of sp³-hybridized carbons (Fsp3) is 0.423. The van der Waals surface area contributed by atoms with Crippen LogP contribution >= 0.6 is 0 Å². The van der Waals surface area contributed by atoms with Crippen LogP contribution in [0.4, 0.5) is 18.4 Å². The maximum absolute atomic E-state index is 17.0. The smallest absolute Gasteiger partial charge is 0.407 e. The molecule has 0 bridgehead atoms. The average molecular weight is 974 g/mol. The lowest BCUT2D eigenvalue weighted by Crippen LogP contribution is -2.56. The number of fused-ring (bicyclic) bond motifs is 6. The van der Waals surface area contributed by atoms with Crippen LogP contribution in [-0.4, -0.2) is 110 Å². The van der Waals surface area contributed by atoms with E-state index in [1.165, 1.54) is 27.0 Å². The van der Waals surface area contributed by atoms with E-state index in [0.717, 1.165) is 59.7 Å². The number of hydrogen-bond acceptors (Lipinski definition) is 10. The van der Waals surface area contributed by atoms with Crippen molar-refractivity contribution in [3.8, 4) is 45.3 Å². The van der Waals surface area contributed by atoms with Gasteiger partial charge in [0, 0.05) is 35.2 Å². The van der Waals surface area contributed by atoms with Gasteiger partial charge in [-0.3, -0.25) is 9.59 Å². The third-order valence-corrected chi connectivity index (χ3v) is 14.1. The first-order valence-corrected chi connectivity index (χ1v) is 24.1. The van der Waals surface area contributed by atoms with Crippen LogP contribution in [0.25, 0.3) is 44.7 Å². The average Bonchev–Trinajstić information content (AvgIpc) is 4.22. The summed E-state index contributed by atoms with van der Waals surface area (Å²) in [6.07, 6.45) is 5.49. The Morgan fingerprint density at radius 3 is 2.13 bits per heavy atom. The number of likely N-dealkylation sites (tertiary alicyclic amines) is 2. The van der Waals surface area contributed by atoms with Gasteiger partial charge in [0.2, 0.25) is 18.0 Å². The predicted octanol–water partition coefficient (Wildman–Crippen LogP) is 8.67. The lowest BCUT2D eigenvalue weighted by molar-refractivity contribution is -0.138. The second-order valence-electron chi connectivity index (χ2n) is 19.5. The first-order chi connectivity index (χ1) is 34.1. The number of imidazole rings is 2. The molecule has 3 unspecified atom stereocenters. The van der Waals surface area contributed by atoms with E-state index in [1.807, 2.05) is 60.9 Å². The number of amides is 4. The molecule has 4 aliphatic heterocycles. The van der Waals surface area contributed by atoms with Gasteiger partial charge in [-0.15, -0.1) is 0 Å². The van der Waals surface area contributed by atoms with E-state index < -0.39 is 53.9 Å². The number of benzene rings is 3. The van der Waals surface area contributed by atoms with E-state index >= 15 is 8.78 Å². The van der Waals surface area contributed by atoms with Crippen molar-refractivity contribution in [3.05, 3.63) is 95.6 Å². The molecule has 0 aliphatic carbocycles. The second kappa shape index (κ2) is 18.7. The predicted molar refractivity (Wildman–Crippen MR) is 258 cm³/mol. The van der Waals surface area contributed by atoms with Gasteiger partial charge in [0.05, 0.1) is 73.5 Å². The summed E-state index contributed by atoms with van der Waals surface area (Å²) in [5.41, 5.74) is 4.05. The number of alkyl carbamates (subject to hydrolysis) is 2. The second-order valence-corrected chi connectivity index (χ2v) is 19.5. The molecule has 4 amide bonds. The van der Waals surface area contributed by atoms with Crippen LogP contribution in [0, 0.1) is 11.7 Å². The van der Waals surface area contributed by atoms with E-state index in [1.54, 1.807) is 22.2 Å². The van der Waals surface area contributed by atoms with Crippen LogP contribution < -0.4 is 20.1 Å². The van der Waals surface area contributed by atoms with Gasteiger partial charge in [-0.25, -0.2) is 28.3 Å². The minimum atomic E-state index is -2.07. The molecule has 71 heavy (non-hydrogen) atoms. The number of halogens is 2. The number of nitrogens with zero attached hydrogens (tertiary/aromatic N) is 5. The largest absolute Gasteiger partial charge is 0.493 e. The van der Waals surface area contributed by atoms with Crippen molar-refractivity contribution in [2.45, 2.75) is 102 Å². The zero-order valence-electron chi connectivity index (χ0n) is 40.4. The number of carbonyl (C=O) groups is 4. The van der Waals surface area contributed by atoms with Gasteiger partial charge < -0.3 is 53.9 Å². The highest BCUT2D eigenvalue weighted by atomic mass is 19.1. The summed E-state index contributed by atoms with van der Waals surface area (Å²) in [6.45, 7) is 7.65. The van der Waals surface area contributed by atoms with Crippen molar-refractivity contribution in [1.29, 1.82) is 0 Å². The zero-order valence-corrected chi connectivity index (χ0v) is 40.4. The van der Waals surface area contributed by atoms with Gasteiger partial charge in [0.1, 0.15) is 46.7 Å². The Bertz CT molecular complexity index is 3050. The number of aromatic amines is 2. The molecule has 4 aliphatic rings. The fourth-order valence-corrected chi connectivity index (χ4v) is 10.5. The van der Waals surface area contributed by atoms with Crippen molar-refractivity contribution in [3.63, 3.8) is 0 Å². The van der Waals surface area contributed by atoms with E-state index in [9.17, 15) is 19.2 Å². The fourth-order valence-electron chi connectivity index (χ4n) is 10.5. The minimum absolute atomic E-state index is 0.192. The summed E-state index contributed by atoms with van der Waals surface area (Å²) < 4.78 is 56.8. The molecule has 10 rings (SSSR count). The molecule has 19 heteroatoms. The topological polar surface area (TPSA) is 198 Å². The van der Waals surface area contributed by atoms with Gasteiger partial charge in [0.15, 0.2) is 0 Å². The molecule has 3 aromatic carbocycles. The molecule has 17 nitrogen and oxygen atoms in total. The lowest BCUT2D eigenvalue weighted by Gasteiger charge is -2.32. The van der Waals surface area contributed by atoms with Crippen LogP contribution in [0.1, 0.15) is 101 Å². The Balaban J connectivity index is 0.981. The number of aromatic nitrogens is 5. The number of alkyl halides is 1. The normalized spacial score (nSPS) is 19.3. The van der Waals surface area contributed by atoms with Crippen molar-refractivity contribution in [2.24, 2.45) is 5.92 Å². The van der Waals surface area contributed by atoms with Gasteiger partial charge in [-0.05, 0) is 100 Å². The summed E-state index contributed by atoms with van der Waals surface area (Å²) in [5, 5.41) is 5.86. The van der Waals surface area contributed by atoms with Gasteiger partial charge >= 0.3 is 12.2 Å². The number of hydrogen-bond donors (Lipinski definition) is 4. The molecule has 0 radical (unpaired) electrons. The maximum atomic E-state index is 17.0. The maximum Gasteiger partial charge on any atom is 0.407 e. The molecule has 0 spiro atoms. The van der Waals surface area contributed by atoms with Gasteiger partial charge in [0.25, 0.3) is 0 Å². The molecule has 2 fully saturated rings. The van der Waals surface area contributed by atoms with Crippen LogP contribution in [0.3, 0.4) is 0 Å². The Morgan fingerprint density at radius 1 is 0.803 bits per heavy atom. The minimum Gasteiger partial charge on any atom is -0.493 e. The van der Waals surface area contributed by atoms with Crippen LogP contribution in [0.15, 0.2) is 67.0 Å². The molecular formula is C52H57F2N9O8. The molecule has 3 aromatic heterocycles. The van der Waals surface area contributed by atoms with E-state index in [0.29, 0.717) is 79.0 Å². The molecule has 5 atom stereocenters. The highest BCUT2D eigenvalue weighted by Gasteiger charge is 2.44. The van der Waals surface area contributed by atoms with Crippen molar-refractivity contribution < 1.29 is 46.9 Å². The van der Waals surface area contributed by atoms with Crippen molar-refractivity contribution in [2.75, 3.05) is 33.9 Å². The quantitative estimate of drug-likeness (QED) is 0.0975. The van der Waals surface area contributed by atoms with Crippen LogP contribution in [-0.2, 0) is 25.5 Å². The van der Waals surface area contributed by atoms with Crippen LogP contribution in [0.2, 0.25) is 0 Å². The van der Waals surface area contributed by atoms with Crippen molar-refractivity contribution >= 4 is 34.9 Å². The number of rotatable bonds is 11. The number of carbonyl (C=O) groups excluding carboxylic acids is 4. The summed E-state index contributed by atoms with van der Waals surface area (Å²) in [4.78, 5) is 71.4. The van der Waals surface area contributed by atoms with Crippen LogP contribution in [0.5, 0.6) is 11.5 Å². The van der Waals surface area contributed by atoms with E-state index in [2.05, 4.69) is 36.4 Å². The Kier molecular flexibility index (Phi) is 12.5. The standard InChI is InChI=1S/C52H57F2N9O8/c1-27(2)43(59-50(66)68-5)47(64)61-17-7-11-37(61)45-56-26-35(58-45)31-21-33(53)42-39-22-32-20-29(15-16-36(32)63(39)49(71-41(42)24-31)30-14-13-28-10-9-19-70-40(28)23-30)34-25-55-46(57-34)38-12-8-18-62(38)48(65)44(52(3,4)54)60-51(67)69-6/h13-16,20-27,37-38,43-44,49H,7-12,17-19H2,1-6H3,(H,55,57)(H,56,58)(H,59,66)(H,60,67)/t37-,38-,43?,44?,49?/m0/s1. The number of aryl methyl sites for hydroxylation is 1. The number of nitrogens with one attached hydrogen (secondary N) is 4. The summed E-state index contributed by atoms with van der Waals surface area (Å²) in [7, 11) is 2.42. The zero-order chi connectivity index (χ0) is 49.9. The third kappa shape index (κ3) is 8.79. The van der Waals surface area contributed by atoms with E-state index in [-0.39, 0.29) is 23.4 Å². The Labute approximate surface area is 408 Å².